The summed E-state index contributed by atoms with van der Waals surface area (Å²) in [6.45, 7) is 7.81. The molecule has 0 fully saturated rings. The van der Waals surface area contributed by atoms with Gasteiger partial charge in [0.2, 0.25) is 0 Å². The van der Waals surface area contributed by atoms with Crippen LogP contribution in [-0.2, 0) is 23.8 Å². The highest BCUT2D eigenvalue weighted by atomic mass is 16.6. The molecule has 0 aromatic carbocycles. The molecule has 0 amide bonds. The van der Waals surface area contributed by atoms with Crippen LogP contribution in [0.3, 0.4) is 0 Å². The Balaban J connectivity index is 4.26. The molecule has 0 spiro atoms. The fourth-order valence-electron chi connectivity index (χ4n) is 7.65. The molecule has 1 unspecified atom stereocenters. The highest BCUT2D eigenvalue weighted by Crippen LogP contribution is 2.15. The smallest absolute Gasteiger partial charge is 0.306 e. The first-order valence-corrected chi connectivity index (χ1v) is 26.5. The summed E-state index contributed by atoms with van der Waals surface area (Å²) in [5.41, 5.74) is 0. The molecular weight excluding hydrogens is 741 g/mol. The van der Waals surface area contributed by atoms with Gasteiger partial charge in [-0.2, -0.15) is 0 Å². The van der Waals surface area contributed by atoms with Crippen LogP contribution >= 0.6 is 0 Å². The van der Waals surface area contributed by atoms with Gasteiger partial charge in [-0.05, 0) is 77.0 Å². The molecule has 0 radical (unpaired) electrons. The molecule has 5 heteroatoms. The van der Waals surface area contributed by atoms with E-state index in [9.17, 15) is 9.59 Å². The second-order valence-electron chi connectivity index (χ2n) is 17.8. The number of hydrogen-bond acceptors (Lipinski definition) is 5. The standard InChI is InChI=1S/C55H102O5/c1-4-7-10-13-16-19-22-25-27-29-32-35-38-41-44-47-50-58-51-53(60-55(57)49-46-43-40-37-34-30-24-21-18-15-12-9-6-3)52-59-54(56)48-45-42-39-36-33-31-28-26-23-20-17-14-11-8-5-2/h17,20-21,24,26,28,53H,4-16,18-19,22-23,25,27,29-52H2,1-3H3/b20-17-,24-21-,28-26-. The zero-order valence-corrected chi connectivity index (χ0v) is 40.5. The average Bonchev–Trinajstić information content (AvgIpc) is 3.25. The number of unbranched alkanes of at least 4 members (excludes halogenated alkanes) is 32. The number of rotatable bonds is 49. The molecule has 0 saturated carbocycles. The van der Waals surface area contributed by atoms with Gasteiger partial charge in [0.15, 0.2) is 6.10 Å². The highest BCUT2D eigenvalue weighted by molar-refractivity contribution is 5.70. The Kier molecular flexibility index (Phi) is 49.9. The largest absolute Gasteiger partial charge is 0.462 e. The summed E-state index contributed by atoms with van der Waals surface area (Å²) in [6.07, 6.45) is 61.5. The Labute approximate surface area is 374 Å². The number of carbonyl (C=O) groups excluding carboxylic acids is 2. The van der Waals surface area contributed by atoms with Gasteiger partial charge in [0.1, 0.15) is 6.61 Å². The third-order valence-corrected chi connectivity index (χ3v) is 11.6. The van der Waals surface area contributed by atoms with E-state index in [1.54, 1.807) is 0 Å². The molecular formula is C55H102O5. The lowest BCUT2D eigenvalue weighted by molar-refractivity contribution is -0.163. The molecule has 0 aliphatic carbocycles. The van der Waals surface area contributed by atoms with Crippen molar-refractivity contribution in [2.45, 2.75) is 284 Å². The number of allylic oxidation sites excluding steroid dienone is 6. The van der Waals surface area contributed by atoms with Crippen molar-refractivity contribution >= 4 is 11.9 Å². The Morgan fingerprint density at radius 3 is 1.17 bits per heavy atom. The zero-order valence-electron chi connectivity index (χ0n) is 40.5. The van der Waals surface area contributed by atoms with E-state index in [2.05, 4.69) is 57.2 Å². The summed E-state index contributed by atoms with van der Waals surface area (Å²) in [6, 6.07) is 0. The maximum Gasteiger partial charge on any atom is 0.306 e. The predicted octanol–water partition coefficient (Wildman–Crippen LogP) is 17.8. The second-order valence-corrected chi connectivity index (χ2v) is 17.8. The van der Waals surface area contributed by atoms with Crippen molar-refractivity contribution in [2.24, 2.45) is 0 Å². The van der Waals surface area contributed by atoms with Gasteiger partial charge in [0.25, 0.3) is 0 Å². The van der Waals surface area contributed by atoms with Gasteiger partial charge in [-0.15, -0.1) is 0 Å². The minimum Gasteiger partial charge on any atom is -0.462 e. The van der Waals surface area contributed by atoms with Gasteiger partial charge in [-0.3, -0.25) is 9.59 Å². The maximum atomic E-state index is 12.8. The second kappa shape index (κ2) is 51.5. The summed E-state index contributed by atoms with van der Waals surface area (Å²) in [4.78, 5) is 25.4. The predicted molar refractivity (Wildman–Crippen MR) is 261 cm³/mol. The van der Waals surface area contributed by atoms with Gasteiger partial charge in [0.05, 0.1) is 6.61 Å². The van der Waals surface area contributed by atoms with E-state index in [1.165, 1.54) is 180 Å². The van der Waals surface area contributed by atoms with Crippen molar-refractivity contribution in [3.05, 3.63) is 36.5 Å². The van der Waals surface area contributed by atoms with E-state index in [0.29, 0.717) is 19.4 Å². The van der Waals surface area contributed by atoms with Crippen LogP contribution in [0.25, 0.3) is 0 Å². The van der Waals surface area contributed by atoms with Gasteiger partial charge < -0.3 is 14.2 Å². The first-order chi connectivity index (χ1) is 29.6. The minimum atomic E-state index is -0.541. The number of carbonyl (C=O) groups is 2. The van der Waals surface area contributed by atoms with Crippen molar-refractivity contribution in [3.63, 3.8) is 0 Å². The quantitative estimate of drug-likeness (QED) is 0.0347. The number of esters is 2. The van der Waals surface area contributed by atoms with Crippen LogP contribution in [0.4, 0.5) is 0 Å². The van der Waals surface area contributed by atoms with Crippen molar-refractivity contribution in [1.29, 1.82) is 0 Å². The third kappa shape index (κ3) is 48.8. The van der Waals surface area contributed by atoms with Crippen molar-refractivity contribution in [3.8, 4) is 0 Å². The van der Waals surface area contributed by atoms with Crippen LogP contribution in [0.5, 0.6) is 0 Å². The van der Waals surface area contributed by atoms with Crippen molar-refractivity contribution in [2.75, 3.05) is 19.8 Å². The topological polar surface area (TPSA) is 61.8 Å². The summed E-state index contributed by atoms with van der Waals surface area (Å²) >= 11 is 0. The van der Waals surface area contributed by atoms with E-state index in [4.69, 9.17) is 14.2 Å². The minimum absolute atomic E-state index is 0.0793. The molecule has 0 N–H and O–H groups in total. The Morgan fingerprint density at radius 1 is 0.367 bits per heavy atom. The van der Waals surface area contributed by atoms with Crippen molar-refractivity contribution < 1.29 is 23.8 Å². The van der Waals surface area contributed by atoms with E-state index in [0.717, 1.165) is 64.2 Å². The Hall–Kier alpha value is -1.88. The normalized spacial score (nSPS) is 12.4. The fourth-order valence-corrected chi connectivity index (χ4v) is 7.65. The molecule has 0 heterocycles. The molecule has 1 atom stereocenters. The number of ether oxygens (including phenoxy) is 3. The molecule has 0 bridgehead atoms. The summed E-state index contributed by atoms with van der Waals surface area (Å²) in [5.74, 6) is -0.410. The van der Waals surface area contributed by atoms with E-state index in [-0.39, 0.29) is 25.2 Å². The Morgan fingerprint density at radius 2 is 0.700 bits per heavy atom. The zero-order chi connectivity index (χ0) is 43.5. The number of hydrogen-bond donors (Lipinski definition) is 0. The monoisotopic (exact) mass is 843 g/mol. The third-order valence-electron chi connectivity index (χ3n) is 11.6. The molecule has 0 aliphatic rings. The first-order valence-electron chi connectivity index (χ1n) is 26.5. The summed E-state index contributed by atoms with van der Waals surface area (Å²) in [7, 11) is 0. The van der Waals surface area contributed by atoms with Crippen LogP contribution in [0.2, 0.25) is 0 Å². The van der Waals surface area contributed by atoms with E-state index >= 15 is 0 Å². The molecule has 0 rings (SSSR count). The molecule has 352 valence electrons. The lowest BCUT2D eigenvalue weighted by Crippen LogP contribution is -2.30. The first kappa shape index (κ1) is 58.1. The fraction of sp³-hybridized carbons (Fsp3) is 0.855. The SMILES string of the molecule is CCCCC/C=C\C/C=C\CCCCCCCC(=O)OCC(COCCCCCCCCCCCCCCCCCC)OC(=O)CCCCCCC/C=C\CCCCCC. The van der Waals surface area contributed by atoms with Crippen LogP contribution < -0.4 is 0 Å². The van der Waals surface area contributed by atoms with Crippen LogP contribution in [0.1, 0.15) is 278 Å². The van der Waals surface area contributed by atoms with Crippen LogP contribution in [-0.4, -0.2) is 37.9 Å². The molecule has 0 saturated heterocycles. The van der Waals surface area contributed by atoms with Gasteiger partial charge in [-0.25, -0.2) is 0 Å². The Bertz CT molecular complexity index is 955. The molecule has 0 aromatic heterocycles. The van der Waals surface area contributed by atoms with Crippen LogP contribution in [0, 0.1) is 0 Å². The van der Waals surface area contributed by atoms with Crippen molar-refractivity contribution in [1.82, 2.24) is 0 Å². The lowest BCUT2D eigenvalue weighted by Gasteiger charge is -2.18. The van der Waals surface area contributed by atoms with E-state index < -0.39 is 6.10 Å². The summed E-state index contributed by atoms with van der Waals surface area (Å²) in [5, 5.41) is 0. The molecule has 5 nitrogen and oxygen atoms in total. The van der Waals surface area contributed by atoms with Gasteiger partial charge in [-0.1, -0.05) is 224 Å². The molecule has 60 heavy (non-hydrogen) atoms. The molecule has 0 aliphatic heterocycles. The summed E-state index contributed by atoms with van der Waals surface area (Å²) < 4.78 is 17.4. The van der Waals surface area contributed by atoms with E-state index in [1.807, 2.05) is 0 Å². The lowest BCUT2D eigenvalue weighted by atomic mass is 10.0. The molecule has 0 aromatic rings. The van der Waals surface area contributed by atoms with Gasteiger partial charge in [0, 0.05) is 19.4 Å². The average molecular weight is 843 g/mol. The van der Waals surface area contributed by atoms with Gasteiger partial charge >= 0.3 is 11.9 Å². The highest BCUT2D eigenvalue weighted by Gasteiger charge is 2.17. The maximum absolute atomic E-state index is 12.8. The van der Waals surface area contributed by atoms with Crippen LogP contribution in [0.15, 0.2) is 36.5 Å².